The third-order valence-corrected chi connectivity index (χ3v) is 4.83. The average molecular weight is 344 g/mol. The second-order valence-electron chi connectivity index (χ2n) is 6.66. The predicted molar refractivity (Wildman–Crippen MR) is 107 cm³/mol. The molecule has 3 aromatic rings. The first-order valence-electron chi connectivity index (χ1n) is 9.35. The number of anilines is 3. The first-order valence-corrected chi connectivity index (χ1v) is 9.35. The topological polar surface area (TPSA) is 41.0 Å². The van der Waals surface area contributed by atoms with Gasteiger partial charge in [0.1, 0.15) is 18.0 Å². The van der Waals surface area contributed by atoms with Gasteiger partial charge in [-0.25, -0.2) is 9.97 Å². The lowest BCUT2D eigenvalue weighted by molar-refractivity contribution is 0.758. The van der Waals surface area contributed by atoms with Crippen molar-refractivity contribution < 1.29 is 0 Å². The van der Waals surface area contributed by atoms with Crippen LogP contribution >= 0.6 is 0 Å². The molecule has 1 aliphatic rings. The number of nitrogens with one attached hydrogen (secondary N) is 1. The molecule has 0 aliphatic carbocycles. The molecule has 0 atom stereocenters. The van der Waals surface area contributed by atoms with Gasteiger partial charge in [-0.15, -0.1) is 0 Å². The molecule has 0 amide bonds. The molecule has 2 aromatic carbocycles. The number of fused-ring (bicyclic) bond motifs is 1. The summed E-state index contributed by atoms with van der Waals surface area (Å²) in [7, 11) is 0. The second-order valence-corrected chi connectivity index (χ2v) is 6.66. The van der Waals surface area contributed by atoms with E-state index in [0.29, 0.717) is 0 Å². The molecule has 4 heteroatoms. The highest BCUT2D eigenvalue weighted by molar-refractivity contribution is 5.66. The summed E-state index contributed by atoms with van der Waals surface area (Å²) in [6.07, 6.45) is 6.11. The summed E-state index contributed by atoms with van der Waals surface area (Å²) in [6, 6.07) is 21.3. The van der Waals surface area contributed by atoms with Gasteiger partial charge < -0.3 is 10.2 Å². The summed E-state index contributed by atoms with van der Waals surface area (Å²) in [6.45, 7) is 1.91. The summed E-state index contributed by atoms with van der Waals surface area (Å²) in [5.74, 6) is 1.86. The molecule has 1 aromatic heterocycles. The molecule has 0 saturated carbocycles. The molecular weight excluding hydrogens is 320 g/mol. The molecule has 1 aliphatic heterocycles. The Morgan fingerprint density at radius 2 is 1.81 bits per heavy atom. The fourth-order valence-electron chi connectivity index (χ4n) is 3.52. The molecule has 0 fully saturated rings. The van der Waals surface area contributed by atoms with Gasteiger partial charge in [0.15, 0.2) is 0 Å². The van der Waals surface area contributed by atoms with Gasteiger partial charge in [-0.2, -0.15) is 0 Å². The van der Waals surface area contributed by atoms with Crippen LogP contribution in [0.4, 0.5) is 17.3 Å². The molecule has 132 valence electrons. The highest BCUT2D eigenvalue weighted by Gasteiger charge is 2.18. The highest BCUT2D eigenvalue weighted by atomic mass is 15.2. The van der Waals surface area contributed by atoms with Crippen molar-refractivity contribution in [3.63, 3.8) is 0 Å². The number of hydrogen-bond acceptors (Lipinski definition) is 4. The van der Waals surface area contributed by atoms with Crippen molar-refractivity contribution in [1.29, 1.82) is 0 Å². The Labute approximate surface area is 154 Å². The van der Waals surface area contributed by atoms with Crippen LogP contribution in [0.1, 0.15) is 24.0 Å². The molecule has 4 rings (SSSR count). The number of para-hydroxylation sites is 1. The van der Waals surface area contributed by atoms with Gasteiger partial charge in [0.2, 0.25) is 0 Å². The summed E-state index contributed by atoms with van der Waals surface area (Å²) < 4.78 is 0. The highest BCUT2D eigenvalue weighted by Crippen LogP contribution is 2.32. The lowest BCUT2D eigenvalue weighted by atomic mass is 10.0. The van der Waals surface area contributed by atoms with Gasteiger partial charge >= 0.3 is 0 Å². The van der Waals surface area contributed by atoms with Crippen LogP contribution < -0.4 is 10.2 Å². The fraction of sp³-hybridized carbons (Fsp3) is 0.273. The van der Waals surface area contributed by atoms with Crippen molar-refractivity contribution in [2.24, 2.45) is 0 Å². The largest absolute Gasteiger partial charge is 0.370 e. The maximum atomic E-state index is 4.51. The zero-order valence-electron chi connectivity index (χ0n) is 14.9. The van der Waals surface area contributed by atoms with Gasteiger partial charge in [0.05, 0.1) is 0 Å². The van der Waals surface area contributed by atoms with Crippen molar-refractivity contribution in [2.45, 2.75) is 25.7 Å². The predicted octanol–water partition coefficient (Wildman–Crippen LogP) is 4.61. The monoisotopic (exact) mass is 344 g/mol. The van der Waals surface area contributed by atoms with Crippen LogP contribution in [0.15, 0.2) is 67.0 Å². The average Bonchev–Trinajstić information content (AvgIpc) is 2.72. The number of hydrogen-bond donors (Lipinski definition) is 1. The molecule has 0 radical (unpaired) electrons. The van der Waals surface area contributed by atoms with E-state index in [-0.39, 0.29) is 0 Å². The van der Waals surface area contributed by atoms with Crippen molar-refractivity contribution in [3.05, 3.63) is 78.1 Å². The van der Waals surface area contributed by atoms with Crippen LogP contribution in [-0.4, -0.2) is 23.1 Å². The van der Waals surface area contributed by atoms with E-state index in [1.54, 1.807) is 6.33 Å². The summed E-state index contributed by atoms with van der Waals surface area (Å²) >= 11 is 0. The summed E-state index contributed by atoms with van der Waals surface area (Å²) in [5.41, 5.74) is 4.05. The molecule has 0 bridgehead atoms. The first-order chi connectivity index (χ1) is 12.9. The molecule has 0 spiro atoms. The van der Waals surface area contributed by atoms with Gasteiger partial charge in [-0.1, -0.05) is 48.5 Å². The van der Waals surface area contributed by atoms with Crippen LogP contribution in [0.25, 0.3) is 0 Å². The van der Waals surface area contributed by atoms with Crippen molar-refractivity contribution >= 4 is 17.3 Å². The standard InChI is InChI=1S/C22H24N4/c1-2-8-18(9-3-1)10-6-14-23-21-16-22(25-17-24-21)26-15-7-12-19-11-4-5-13-20(19)26/h1-5,8-9,11,13,16-17H,6-7,10,12,14-15H2,(H,23,24,25). The summed E-state index contributed by atoms with van der Waals surface area (Å²) in [4.78, 5) is 11.2. The minimum absolute atomic E-state index is 0.895. The van der Waals surface area contributed by atoms with Gasteiger partial charge in [-0.3, -0.25) is 0 Å². The zero-order chi connectivity index (χ0) is 17.6. The third kappa shape index (κ3) is 3.85. The Kier molecular flexibility index (Phi) is 5.10. The number of aryl methyl sites for hydroxylation is 2. The number of rotatable bonds is 6. The van der Waals surface area contributed by atoms with E-state index in [1.165, 1.54) is 16.8 Å². The Morgan fingerprint density at radius 1 is 0.962 bits per heavy atom. The third-order valence-electron chi connectivity index (χ3n) is 4.83. The first kappa shape index (κ1) is 16.6. The van der Waals surface area contributed by atoms with Crippen molar-refractivity contribution in [3.8, 4) is 0 Å². The lowest BCUT2D eigenvalue weighted by Gasteiger charge is -2.30. The molecule has 1 N–H and O–H groups in total. The van der Waals surface area contributed by atoms with Crippen LogP contribution in [0.5, 0.6) is 0 Å². The van der Waals surface area contributed by atoms with E-state index in [2.05, 4.69) is 80.8 Å². The van der Waals surface area contributed by atoms with Crippen LogP contribution in [0, 0.1) is 0 Å². The number of nitrogens with zero attached hydrogens (tertiary/aromatic N) is 3. The number of benzene rings is 2. The Morgan fingerprint density at radius 3 is 2.73 bits per heavy atom. The minimum Gasteiger partial charge on any atom is -0.370 e. The van der Waals surface area contributed by atoms with Gasteiger partial charge in [-0.05, 0) is 42.9 Å². The van der Waals surface area contributed by atoms with E-state index in [1.807, 2.05) is 0 Å². The SMILES string of the molecule is c1ccc(CCCNc2cc(N3CCCc4ccccc43)ncn2)cc1. The molecule has 26 heavy (non-hydrogen) atoms. The number of aromatic nitrogens is 2. The Balaban J connectivity index is 1.40. The molecule has 0 saturated heterocycles. The van der Waals surface area contributed by atoms with Crippen molar-refractivity contribution in [2.75, 3.05) is 23.3 Å². The zero-order valence-corrected chi connectivity index (χ0v) is 14.9. The molecule has 2 heterocycles. The lowest BCUT2D eigenvalue weighted by Crippen LogP contribution is -2.25. The van der Waals surface area contributed by atoms with Crippen LogP contribution in [-0.2, 0) is 12.8 Å². The quantitative estimate of drug-likeness (QED) is 0.663. The van der Waals surface area contributed by atoms with E-state index < -0.39 is 0 Å². The molecule has 0 unspecified atom stereocenters. The van der Waals surface area contributed by atoms with Gasteiger partial charge in [0.25, 0.3) is 0 Å². The van der Waals surface area contributed by atoms with E-state index >= 15 is 0 Å². The van der Waals surface area contributed by atoms with Crippen LogP contribution in [0.3, 0.4) is 0 Å². The smallest absolute Gasteiger partial charge is 0.138 e. The van der Waals surface area contributed by atoms with E-state index in [0.717, 1.165) is 50.4 Å². The Hall–Kier alpha value is -2.88. The minimum atomic E-state index is 0.895. The second kappa shape index (κ2) is 8.00. The van der Waals surface area contributed by atoms with E-state index in [9.17, 15) is 0 Å². The summed E-state index contributed by atoms with van der Waals surface area (Å²) in [5, 5.41) is 3.44. The Bertz CT molecular complexity index is 848. The molecular formula is C22H24N4. The fourth-order valence-corrected chi connectivity index (χ4v) is 3.52. The van der Waals surface area contributed by atoms with Gasteiger partial charge in [0, 0.05) is 24.8 Å². The maximum absolute atomic E-state index is 4.51. The molecule has 4 nitrogen and oxygen atoms in total. The van der Waals surface area contributed by atoms with Crippen LogP contribution in [0.2, 0.25) is 0 Å². The van der Waals surface area contributed by atoms with Crippen molar-refractivity contribution in [1.82, 2.24) is 9.97 Å². The van der Waals surface area contributed by atoms with E-state index in [4.69, 9.17) is 0 Å². The maximum Gasteiger partial charge on any atom is 0.138 e. The normalized spacial score (nSPS) is 13.3.